The van der Waals surface area contributed by atoms with E-state index in [9.17, 15) is 5.26 Å². The van der Waals surface area contributed by atoms with Gasteiger partial charge in [-0.2, -0.15) is 5.26 Å². The molecule has 0 saturated heterocycles. The maximum Gasteiger partial charge on any atom is 0.148 e. The molecule has 5 nitrogen and oxygen atoms in total. The first-order chi connectivity index (χ1) is 12.6. The van der Waals surface area contributed by atoms with Crippen molar-refractivity contribution < 1.29 is 9.47 Å². The second-order valence-electron chi connectivity index (χ2n) is 6.05. The molecule has 4 rings (SSSR count). The lowest BCUT2D eigenvalue weighted by Gasteiger charge is -2.12. The fraction of sp³-hybridized carbons (Fsp3) is 0.150. The fourth-order valence-corrected chi connectivity index (χ4v) is 3.48. The summed E-state index contributed by atoms with van der Waals surface area (Å²) in [5.74, 6) is 1.25. The number of anilines is 1. The van der Waals surface area contributed by atoms with Crippen LogP contribution in [0, 0.1) is 11.3 Å². The molecule has 2 heterocycles. The maximum atomic E-state index is 9.57. The zero-order chi connectivity index (χ0) is 18.3. The van der Waals surface area contributed by atoms with Gasteiger partial charge in [0.25, 0.3) is 0 Å². The Morgan fingerprint density at radius 2 is 2.04 bits per heavy atom. The van der Waals surface area contributed by atoms with Gasteiger partial charge in [0.05, 0.1) is 29.1 Å². The molecule has 1 aromatic heterocycles. The summed E-state index contributed by atoms with van der Waals surface area (Å²) in [7, 11) is 0. The van der Waals surface area contributed by atoms with E-state index < -0.39 is 0 Å². The van der Waals surface area contributed by atoms with Crippen molar-refractivity contribution in [1.82, 2.24) is 4.57 Å². The largest absolute Gasteiger partial charge is 0.456 e. The predicted molar refractivity (Wildman–Crippen MR) is 99.6 cm³/mol. The number of nitriles is 1. The predicted octanol–water partition coefficient (Wildman–Crippen LogP) is 4.97. The van der Waals surface area contributed by atoms with E-state index in [0.29, 0.717) is 34.5 Å². The summed E-state index contributed by atoms with van der Waals surface area (Å²) in [4.78, 5) is 0. The lowest BCUT2D eigenvalue weighted by Crippen LogP contribution is -2.03. The third-order valence-electron chi connectivity index (χ3n) is 4.48. The number of aromatic nitrogens is 1. The van der Waals surface area contributed by atoms with Gasteiger partial charge in [-0.3, -0.25) is 0 Å². The van der Waals surface area contributed by atoms with Crippen LogP contribution in [0.15, 0.2) is 48.5 Å². The Morgan fingerprint density at radius 3 is 2.73 bits per heavy atom. The molecule has 0 amide bonds. The molecule has 1 atom stereocenters. The highest BCUT2D eigenvalue weighted by Gasteiger charge is 2.31. The molecule has 0 spiro atoms. The molecule has 0 fully saturated rings. The van der Waals surface area contributed by atoms with Crippen LogP contribution in [0.5, 0.6) is 11.5 Å². The lowest BCUT2D eigenvalue weighted by molar-refractivity contribution is 0.0778. The molecule has 2 N–H and O–H groups in total. The second-order valence-corrected chi connectivity index (χ2v) is 6.46. The van der Waals surface area contributed by atoms with Crippen molar-refractivity contribution in [2.45, 2.75) is 19.6 Å². The molecule has 1 aliphatic rings. The number of hydrogen-bond donors (Lipinski definition) is 1. The fourth-order valence-electron chi connectivity index (χ4n) is 3.26. The quantitative estimate of drug-likeness (QED) is 0.711. The number of halogens is 1. The Labute approximate surface area is 156 Å². The number of para-hydroxylation sites is 1. The smallest absolute Gasteiger partial charge is 0.148 e. The van der Waals surface area contributed by atoms with E-state index in [1.807, 2.05) is 47.9 Å². The number of fused-ring (bicyclic) bond motifs is 1. The van der Waals surface area contributed by atoms with E-state index in [1.165, 1.54) is 0 Å². The molecule has 3 aromatic rings. The highest BCUT2D eigenvalue weighted by atomic mass is 35.5. The van der Waals surface area contributed by atoms with Crippen LogP contribution in [0.25, 0.3) is 5.69 Å². The van der Waals surface area contributed by atoms with E-state index in [0.717, 1.165) is 16.9 Å². The number of nitrogen functional groups attached to an aromatic ring is 1. The molecule has 26 heavy (non-hydrogen) atoms. The van der Waals surface area contributed by atoms with Crippen molar-refractivity contribution in [2.24, 2.45) is 0 Å². The molecule has 1 unspecified atom stereocenters. The standard InChI is InChI=1S/C20H16ClN3O2/c1-12-19-17(11-25-12)24(16(10-22)20(19)23)13-7-8-18(15(21)9-13)26-14-5-3-2-4-6-14/h2-9,12H,11,23H2,1H3. The van der Waals surface area contributed by atoms with Gasteiger partial charge in [0.2, 0.25) is 0 Å². The van der Waals surface area contributed by atoms with Crippen LogP contribution in [0.2, 0.25) is 5.02 Å². The van der Waals surface area contributed by atoms with Crippen molar-refractivity contribution in [3.8, 4) is 23.3 Å². The van der Waals surface area contributed by atoms with E-state index in [4.69, 9.17) is 26.8 Å². The molecule has 0 bridgehead atoms. The summed E-state index contributed by atoms with van der Waals surface area (Å²) >= 11 is 6.43. The third kappa shape index (κ3) is 2.60. The number of ether oxygens (including phenoxy) is 2. The summed E-state index contributed by atoms with van der Waals surface area (Å²) in [5, 5.41) is 10.0. The molecular formula is C20H16ClN3O2. The van der Waals surface area contributed by atoms with Crippen molar-refractivity contribution in [2.75, 3.05) is 5.73 Å². The molecule has 2 aromatic carbocycles. The molecule has 0 radical (unpaired) electrons. The molecule has 130 valence electrons. The van der Waals surface area contributed by atoms with Crippen molar-refractivity contribution in [3.05, 3.63) is 70.5 Å². The highest BCUT2D eigenvalue weighted by molar-refractivity contribution is 6.32. The summed E-state index contributed by atoms with van der Waals surface area (Å²) in [6.07, 6.45) is -0.130. The van der Waals surface area contributed by atoms with Crippen molar-refractivity contribution in [3.63, 3.8) is 0 Å². The minimum absolute atomic E-state index is 0.130. The highest BCUT2D eigenvalue weighted by Crippen LogP contribution is 2.41. The third-order valence-corrected chi connectivity index (χ3v) is 4.77. The van der Waals surface area contributed by atoms with E-state index in [1.54, 1.807) is 12.1 Å². The Morgan fingerprint density at radius 1 is 1.27 bits per heavy atom. The Balaban J connectivity index is 1.77. The lowest BCUT2D eigenvalue weighted by atomic mass is 10.1. The van der Waals surface area contributed by atoms with Gasteiger partial charge in [-0.15, -0.1) is 0 Å². The van der Waals surface area contributed by atoms with E-state index >= 15 is 0 Å². The van der Waals surface area contributed by atoms with E-state index in [-0.39, 0.29) is 6.10 Å². The monoisotopic (exact) mass is 365 g/mol. The molecular weight excluding hydrogens is 350 g/mol. The van der Waals surface area contributed by atoms with Crippen molar-refractivity contribution in [1.29, 1.82) is 5.26 Å². The summed E-state index contributed by atoms with van der Waals surface area (Å²) in [6, 6.07) is 17.0. The summed E-state index contributed by atoms with van der Waals surface area (Å²) in [5.41, 5.74) is 9.56. The van der Waals surface area contributed by atoms with Crippen LogP contribution in [-0.2, 0) is 11.3 Å². The van der Waals surface area contributed by atoms with Gasteiger partial charge >= 0.3 is 0 Å². The normalized spacial score (nSPS) is 15.5. The van der Waals surface area contributed by atoms with Crippen LogP contribution in [-0.4, -0.2) is 4.57 Å². The van der Waals surface area contributed by atoms with Gasteiger partial charge in [-0.1, -0.05) is 29.8 Å². The van der Waals surface area contributed by atoms with Crippen LogP contribution in [0.1, 0.15) is 30.0 Å². The number of nitrogens with two attached hydrogens (primary N) is 1. The van der Waals surface area contributed by atoms with Crippen LogP contribution >= 0.6 is 11.6 Å². The SMILES string of the molecule is CC1OCc2c1c(N)c(C#N)n2-c1ccc(Oc2ccccc2)c(Cl)c1. The first-order valence-electron chi connectivity index (χ1n) is 8.17. The van der Waals surface area contributed by atoms with Gasteiger partial charge < -0.3 is 19.8 Å². The van der Waals surface area contributed by atoms with Crippen LogP contribution < -0.4 is 10.5 Å². The first-order valence-corrected chi connectivity index (χ1v) is 8.55. The zero-order valence-electron chi connectivity index (χ0n) is 14.1. The number of hydrogen-bond acceptors (Lipinski definition) is 4. The topological polar surface area (TPSA) is 73.2 Å². The minimum Gasteiger partial charge on any atom is -0.456 e. The van der Waals surface area contributed by atoms with Gasteiger partial charge in [-0.25, -0.2) is 0 Å². The van der Waals surface area contributed by atoms with Crippen molar-refractivity contribution >= 4 is 17.3 Å². The van der Waals surface area contributed by atoms with Crippen LogP contribution in [0.3, 0.4) is 0 Å². The Hall–Kier alpha value is -2.94. The number of nitrogens with zero attached hydrogens (tertiary/aromatic N) is 2. The number of rotatable bonds is 3. The average Bonchev–Trinajstić information content (AvgIpc) is 3.15. The Bertz CT molecular complexity index is 1020. The van der Waals surface area contributed by atoms with Gasteiger partial charge in [0.15, 0.2) is 0 Å². The number of benzene rings is 2. The second kappa shape index (κ2) is 6.41. The Kier molecular flexibility index (Phi) is 4.08. The van der Waals surface area contributed by atoms with Gasteiger partial charge in [-0.05, 0) is 37.3 Å². The maximum absolute atomic E-state index is 9.57. The van der Waals surface area contributed by atoms with Gasteiger partial charge in [0, 0.05) is 11.3 Å². The summed E-state index contributed by atoms with van der Waals surface area (Å²) in [6.45, 7) is 2.33. The molecule has 0 aliphatic carbocycles. The first kappa shape index (κ1) is 16.5. The summed E-state index contributed by atoms with van der Waals surface area (Å²) < 4.78 is 13.3. The molecule has 0 saturated carbocycles. The van der Waals surface area contributed by atoms with E-state index in [2.05, 4.69) is 6.07 Å². The molecule has 6 heteroatoms. The molecule has 1 aliphatic heterocycles. The average molecular weight is 366 g/mol. The zero-order valence-corrected chi connectivity index (χ0v) is 14.8. The van der Waals surface area contributed by atoms with Gasteiger partial charge in [0.1, 0.15) is 23.3 Å². The van der Waals surface area contributed by atoms with Crippen LogP contribution in [0.4, 0.5) is 5.69 Å². The minimum atomic E-state index is -0.130.